The minimum Gasteiger partial charge on any atom is -0.491 e. The molecule has 0 bridgehead atoms. The van der Waals surface area contributed by atoms with E-state index in [-0.39, 0.29) is 12.1 Å². The van der Waals surface area contributed by atoms with E-state index in [1.165, 1.54) is 17.1 Å². The van der Waals surface area contributed by atoms with Gasteiger partial charge in [0.2, 0.25) is 10.0 Å². The highest BCUT2D eigenvalue weighted by molar-refractivity contribution is 7.89. The lowest BCUT2D eigenvalue weighted by Gasteiger charge is -2.37. The second-order valence-corrected chi connectivity index (χ2v) is 8.95. The number of benzene rings is 1. The lowest BCUT2D eigenvalue weighted by atomic mass is 10.2. The Labute approximate surface area is 147 Å². The fourth-order valence-electron chi connectivity index (χ4n) is 2.93. The molecule has 1 saturated carbocycles. The van der Waals surface area contributed by atoms with Gasteiger partial charge >= 0.3 is 0 Å². The molecule has 8 heteroatoms. The summed E-state index contributed by atoms with van der Waals surface area (Å²) in [5.74, 6) is 1.23. The lowest BCUT2D eigenvalue weighted by molar-refractivity contribution is 0.189. The molecule has 0 atom stereocenters. The molecule has 0 radical (unpaired) electrons. The number of rotatable bonds is 6. The zero-order valence-corrected chi connectivity index (χ0v) is 15.2. The van der Waals surface area contributed by atoms with E-state index in [4.69, 9.17) is 4.74 Å². The van der Waals surface area contributed by atoms with Crippen molar-refractivity contribution in [2.75, 3.05) is 13.1 Å². The molecule has 1 aromatic heterocycles. The fourth-order valence-corrected chi connectivity index (χ4v) is 4.44. The molecule has 4 rings (SSSR count). The molecule has 7 nitrogen and oxygen atoms in total. The zero-order valence-electron chi connectivity index (χ0n) is 14.4. The molecule has 0 N–H and O–H groups in total. The largest absolute Gasteiger partial charge is 0.491 e. The highest BCUT2D eigenvalue weighted by Gasteiger charge is 2.39. The smallest absolute Gasteiger partial charge is 0.243 e. The fraction of sp³-hybridized carbons (Fsp3) is 0.529. The van der Waals surface area contributed by atoms with E-state index in [1.807, 2.05) is 20.0 Å². The summed E-state index contributed by atoms with van der Waals surface area (Å²) in [7, 11) is -3.47. The van der Waals surface area contributed by atoms with Gasteiger partial charge in [0.25, 0.3) is 0 Å². The van der Waals surface area contributed by atoms with Gasteiger partial charge in [0.15, 0.2) is 0 Å². The average molecular weight is 362 g/mol. The topological polar surface area (TPSA) is 77.3 Å². The molecule has 2 heterocycles. The number of sulfonamides is 1. The van der Waals surface area contributed by atoms with E-state index >= 15 is 0 Å². The Bertz CT molecular complexity index is 850. The number of aromatic nitrogens is 3. The van der Waals surface area contributed by atoms with Crippen molar-refractivity contribution in [2.45, 2.75) is 49.6 Å². The first kappa shape index (κ1) is 16.5. The number of nitrogens with zero attached hydrogens (tertiary/aromatic N) is 4. The molecular formula is C17H22N4O3S. The van der Waals surface area contributed by atoms with Crippen LogP contribution in [-0.2, 0) is 10.0 Å². The van der Waals surface area contributed by atoms with Gasteiger partial charge in [-0.05, 0) is 51.0 Å². The first-order valence-corrected chi connectivity index (χ1v) is 10.1. The number of hydrogen-bond donors (Lipinski definition) is 0. The van der Waals surface area contributed by atoms with E-state index in [0.717, 1.165) is 5.69 Å². The van der Waals surface area contributed by atoms with Crippen molar-refractivity contribution in [3.63, 3.8) is 0 Å². The van der Waals surface area contributed by atoms with Crippen LogP contribution in [0.3, 0.4) is 0 Å². The first-order valence-electron chi connectivity index (χ1n) is 8.62. The quantitative estimate of drug-likeness (QED) is 0.787. The molecule has 1 aliphatic carbocycles. The molecule has 2 fully saturated rings. The molecule has 0 unspecified atom stereocenters. The summed E-state index contributed by atoms with van der Waals surface area (Å²) >= 11 is 0. The normalized spacial score (nSPS) is 19.2. The van der Waals surface area contributed by atoms with Crippen LogP contribution >= 0.6 is 0 Å². The van der Waals surface area contributed by atoms with Crippen molar-refractivity contribution >= 4 is 10.0 Å². The summed E-state index contributed by atoms with van der Waals surface area (Å²) in [5, 5.41) is 8.35. The maximum absolute atomic E-state index is 12.7. The van der Waals surface area contributed by atoms with Gasteiger partial charge in [-0.15, -0.1) is 5.10 Å². The molecular weight excluding hydrogens is 340 g/mol. The Kier molecular flexibility index (Phi) is 4.04. The first-order chi connectivity index (χ1) is 11.9. The molecule has 1 saturated heterocycles. The average Bonchev–Trinajstić information content (AvgIpc) is 3.25. The van der Waals surface area contributed by atoms with Crippen LogP contribution in [0.25, 0.3) is 0 Å². The van der Waals surface area contributed by atoms with E-state index in [2.05, 4.69) is 10.3 Å². The summed E-state index contributed by atoms with van der Waals surface area (Å²) < 4.78 is 34.2. The molecule has 1 aliphatic heterocycles. The van der Waals surface area contributed by atoms with Crippen LogP contribution in [0.1, 0.15) is 44.3 Å². The second-order valence-electron chi connectivity index (χ2n) is 7.01. The van der Waals surface area contributed by atoms with Crippen LogP contribution < -0.4 is 4.74 Å². The van der Waals surface area contributed by atoms with Crippen molar-refractivity contribution in [1.29, 1.82) is 0 Å². The van der Waals surface area contributed by atoms with Gasteiger partial charge in [0.1, 0.15) is 5.75 Å². The third kappa shape index (κ3) is 3.28. The van der Waals surface area contributed by atoms with Crippen LogP contribution in [0.5, 0.6) is 5.75 Å². The molecule has 0 amide bonds. The van der Waals surface area contributed by atoms with Crippen LogP contribution in [0.4, 0.5) is 0 Å². The van der Waals surface area contributed by atoms with Gasteiger partial charge < -0.3 is 4.74 Å². The molecule has 2 aliphatic rings. The van der Waals surface area contributed by atoms with E-state index < -0.39 is 10.0 Å². The van der Waals surface area contributed by atoms with Crippen molar-refractivity contribution in [3.8, 4) is 5.75 Å². The molecule has 0 spiro atoms. The van der Waals surface area contributed by atoms with E-state index in [1.54, 1.807) is 28.9 Å². The second kappa shape index (κ2) is 6.10. The Balaban J connectivity index is 1.41. The molecule has 1 aromatic carbocycles. The SMILES string of the molecule is CC(C)Oc1ccc(S(=O)(=O)N2CC(n3cc(C4CC4)nn3)C2)cc1. The minimum atomic E-state index is -3.47. The van der Waals surface area contributed by atoms with Gasteiger partial charge in [-0.3, -0.25) is 0 Å². The van der Waals surface area contributed by atoms with Crippen LogP contribution in [0.15, 0.2) is 35.4 Å². The summed E-state index contributed by atoms with van der Waals surface area (Å²) in [5.41, 5.74) is 1.03. The van der Waals surface area contributed by atoms with Crippen molar-refractivity contribution in [3.05, 3.63) is 36.2 Å². The Morgan fingerprint density at radius 2 is 1.84 bits per heavy atom. The molecule has 25 heavy (non-hydrogen) atoms. The number of ether oxygens (including phenoxy) is 1. The van der Waals surface area contributed by atoms with Crippen molar-refractivity contribution < 1.29 is 13.2 Å². The predicted molar refractivity (Wildman–Crippen MR) is 92.0 cm³/mol. The highest BCUT2D eigenvalue weighted by Crippen LogP contribution is 2.39. The van der Waals surface area contributed by atoms with Crippen LogP contribution in [0.2, 0.25) is 0 Å². The van der Waals surface area contributed by atoms with Gasteiger partial charge in [-0.2, -0.15) is 4.31 Å². The minimum absolute atomic E-state index is 0.0572. The Morgan fingerprint density at radius 3 is 2.44 bits per heavy atom. The maximum Gasteiger partial charge on any atom is 0.243 e. The third-order valence-corrected chi connectivity index (χ3v) is 6.41. The van der Waals surface area contributed by atoms with Crippen molar-refractivity contribution in [2.24, 2.45) is 0 Å². The van der Waals surface area contributed by atoms with Crippen LogP contribution in [-0.4, -0.2) is 46.9 Å². The van der Waals surface area contributed by atoms with E-state index in [9.17, 15) is 8.42 Å². The Morgan fingerprint density at radius 1 is 1.16 bits per heavy atom. The predicted octanol–water partition coefficient (Wildman–Crippen LogP) is 2.19. The Hall–Kier alpha value is -1.93. The molecule has 134 valence electrons. The zero-order chi connectivity index (χ0) is 17.6. The molecule has 2 aromatic rings. The summed E-state index contributed by atoms with van der Waals surface area (Å²) in [6.45, 7) is 4.73. The van der Waals surface area contributed by atoms with Gasteiger partial charge in [-0.1, -0.05) is 5.21 Å². The lowest BCUT2D eigenvalue weighted by Crippen LogP contribution is -2.50. The third-order valence-electron chi connectivity index (χ3n) is 4.56. The standard InChI is InChI=1S/C17H22N4O3S/c1-12(2)24-15-5-7-16(8-6-15)25(22,23)20-9-14(10-20)21-11-17(18-19-21)13-3-4-13/h5-8,11-14H,3-4,9-10H2,1-2H3. The van der Waals surface area contributed by atoms with Crippen LogP contribution in [0, 0.1) is 0 Å². The van der Waals surface area contributed by atoms with Gasteiger partial charge in [-0.25, -0.2) is 13.1 Å². The van der Waals surface area contributed by atoms with Crippen molar-refractivity contribution in [1.82, 2.24) is 19.3 Å². The summed E-state index contributed by atoms with van der Waals surface area (Å²) in [6, 6.07) is 6.66. The summed E-state index contributed by atoms with van der Waals surface area (Å²) in [6.07, 6.45) is 4.38. The van der Waals surface area contributed by atoms with Gasteiger partial charge in [0.05, 0.1) is 22.7 Å². The highest BCUT2D eigenvalue weighted by atomic mass is 32.2. The van der Waals surface area contributed by atoms with Gasteiger partial charge in [0, 0.05) is 25.2 Å². The maximum atomic E-state index is 12.7. The summed E-state index contributed by atoms with van der Waals surface area (Å²) in [4.78, 5) is 0.291. The monoisotopic (exact) mass is 362 g/mol. The number of hydrogen-bond acceptors (Lipinski definition) is 5. The van der Waals surface area contributed by atoms with E-state index in [0.29, 0.717) is 29.7 Å².